The summed E-state index contributed by atoms with van der Waals surface area (Å²) in [5.74, 6) is -20.0. The van der Waals surface area contributed by atoms with Gasteiger partial charge in [0, 0.05) is 38.6 Å². The zero-order valence-electron chi connectivity index (χ0n) is 48.6. The molecule has 0 aliphatic carbocycles. The molecule has 0 saturated heterocycles. The molecule has 37 nitrogen and oxygen atoms in total. The quantitative estimate of drug-likeness (QED) is 0.00952. The highest BCUT2D eigenvalue weighted by molar-refractivity contribution is 7.46. The zero-order valence-corrected chi connectivity index (χ0v) is 49.5. The molecule has 0 fully saturated rings. The minimum atomic E-state index is -5.57. The molecule has 1 aromatic carbocycles. The Morgan fingerprint density at radius 2 is 0.921 bits per heavy atom. The first-order valence-electron chi connectivity index (χ1n) is 27.4. The van der Waals surface area contributed by atoms with Crippen molar-refractivity contribution in [2.75, 3.05) is 13.2 Å². The van der Waals surface area contributed by atoms with Crippen LogP contribution in [0.2, 0.25) is 0 Å². The lowest BCUT2D eigenvalue weighted by Crippen LogP contribution is -2.61. The van der Waals surface area contributed by atoms with Gasteiger partial charge in [-0.25, -0.2) is 4.57 Å². The highest BCUT2D eigenvalue weighted by Crippen LogP contribution is 2.35. The number of guanidine groups is 1. The molecule has 0 bridgehead atoms. The van der Waals surface area contributed by atoms with Crippen molar-refractivity contribution in [3.63, 3.8) is 0 Å². The summed E-state index contributed by atoms with van der Waals surface area (Å²) in [7, 11) is -5.57. The van der Waals surface area contributed by atoms with Gasteiger partial charge >= 0.3 is 37.7 Å². The number of aldehydes is 1. The molecule has 496 valence electrons. The number of carboxylic acids is 5. The summed E-state index contributed by atoms with van der Waals surface area (Å²) in [6.45, 7) is 2.77. The molecule has 0 unspecified atom stereocenters. The molecule has 0 heterocycles. The number of nitrogens with zero attached hydrogens (tertiary/aromatic N) is 1. The fourth-order valence-corrected chi connectivity index (χ4v) is 8.15. The number of hydrogen-bond acceptors (Lipinski definition) is 19. The highest BCUT2D eigenvalue weighted by Gasteiger charge is 2.38. The van der Waals surface area contributed by atoms with Gasteiger partial charge in [0.15, 0.2) is 5.96 Å². The van der Waals surface area contributed by atoms with E-state index in [1.165, 1.54) is 38.1 Å². The maximum atomic E-state index is 14.3. The zero-order chi connectivity index (χ0) is 67.7. The lowest BCUT2D eigenvalue weighted by molar-refractivity contribution is -0.142. The molecule has 1 rings (SSSR count). The van der Waals surface area contributed by atoms with Gasteiger partial charge in [-0.05, 0) is 56.9 Å². The van der Waals surface area contributed by atoms with Crippen LogP contribution in [0.1, 0.15) is 103 Å². The van der Waals surface area contributed by atoms with Crippen LogP contribution < -0.4 is 65.1 Å². The predicted molar refractivity (Wildman–Crippen MR) is 304 cm³/mol. The lowest BCUT2D eigenvalue weighted by atomic mass is 9.96. The standard InChI is InChI=1S/C51H78N13O24P/c1-4-25(2)41(50(84)60-30(13-17-37(68)69)43(77)56-26(3)23-65)64-48(82)34(22-40(74)75)62-47(81)33(21-27-9-6-5-7-10-27)61-45(79)31(14-18-38(70)71)59-49(83)35(24-88-89(85,86)87)63-46(80)32(15-19-39(72)73)58-44(78)29(11-8-20-55-51(53)54)57-42(76)28(52)12-16-36(66)67/h5-7,9-10,23,25-26,28-35,41H,4,8,11-22,24,52H2,1-3H3,(H,56,77)(H,57,76)(H,58,78)(H,59,83)(H,60,84)(H,61,79)(H,62,81)(H,63,80)(H,64,82)(H,66,67)(H,68,69)(H,70,71)(H,72,73)(H,74,75)(H4,53,54,55)(H2,85,86,87)/t25-,26-,28-,29-,30-,31-,32-,33-,34-,35-,41-/m0/s1. The molecular weight excluding hydrogens is 1210 g/mol. The van der Waals surface area contributed by atoms with Gasteiger partial charge in [-0.15, -0.1) is 0 Å². The van der Waals surface area contributed by atoms with Crippen molar-refractivity contribution in [3.8, 4) is 0 Å². The Morgan fingerprint density at radius 3 is 1.37 bits per heavy atom. The number of phosphoric acid groups is 1. The van der Waals surface area contributed by atoms with Crippen molar-refractivity contribution in [1.82, 2.24) is 47.9 Å². The minimum absolute atomic E-state index is 0.0387. The molecule has 38 heteroatoms. The third-order valence-electron chi connectivity index (χ3n) is 12.8. The van der Waals surface area contributed by atoms with Crippen molar-refractivity contribution in [1.29, 1.82) is 0 Å². The average Bonchev–Trinajstić information content (AvgIpc) is 3.63. The monoisotopic (exact) mass is 1290 g/mol. The van der Waals surface area contributed by atoms with Crippen molar-refractivity contribution < 1.29 is 116 Å². The van der Waals surface area contributed by atoms with Crippen LogP contribution in [0.3, 0.4) is 0 Å². The molecule has 0 radical (unpaired) electrons. The van der Waals surface area contributed by atoms with Gasteiger partial charge in [-0.3, -0.25) is 76.6 Å². The van der Waals surface area contributed by atoms with Crippen LogP contribution in [0.15, 0.2) is 35.3 Å². The number of carbonyl (C=O) groups excluding carboxylic acids is 10. The maximum absolute atomic E-state index is 14.3. The third-order valence-corrected chi connectivity index (χ3v) is 13.2. The largest absolute Gasteiger partial charge is 0.481 e. The molecule has 89 heavy (non-hydrogen) atoms. The van der Waals surface area contributed by atoms with Crippen LogP contribution in [-0.4, -0.2) is 204 Å². The smallest absolute Gasteiger partial charge is 0.469 e. The number of nitrogens with one attached hydrogen (secondary N) is 9. The van der Waals surface area contributed by atoms with Gasteiger partial charge in [-0.2, -0.15) is 0 Å². The van der Waals surface area contributed by atoms with E-state index in [4.69, 9.17) is 22.3 Å². The number of rotatable bonds is 44. The van der Waals surface area contributed by atoms with Crippen molar-refractivity contribution in [2.45, 2.75) is 165 Å². The Kier molecular flexibility index (Phi) is 34.6. The second-order valence-electron chi connectivity index (χ2n) is 20.1. The number of carboxylic acid groups (broad SMARTS) is 5. The lowest BCUT2D eigenvalue weighted by Gasteiger charge is -2.29. The molecule has 0 spiro atoms. The summed E-state index contributed by atoms with van der Waals surface area (Å²) in [5, 5.41) is 67.4. The number of aliphatic carboxylic acids is 5. The van der Waals surface area contributed by atoms with Crippen molar-refractivity contribution in [2.24, 2.45) is 28.1 Å². The topological polar surface area (TPSA) is 623 Å². The molecule has 0 saturated carbocycles. The summed E-state index contributed by atoms with van der Waals surface area (Å²) in [6, 6.07) is -10.2. The van der Waals surface area contributed by atoms with E-state index in [1.807, 2.05) is 5.32 Å². The molecule has 9 amide bonds. The number of hydrogen-bond donors (Lipinski definition) is 19. The summed E-state index contributed by atoms with van der Waals surface area (Å²) >= 11 is 0. The summed E-state index contributed by atoms with van der Waals surface area (Å²) in [4.78, 5) is 217. The molecule has 0 aliphatic heterocycles. The molecule has 11 atom stereocenters. The van der Waals surface area contributed by atoms with Crippen LogP contribution in [-0.2, 0) is 87.4 Å². The predicted octanol–water partition coefficient (Wildman–Crippen LogP) is -5.72. The fourth-order valence-electron chi connectivity index (χ4n) is 7.81. The first kappa shape index (κ1) is 77.8. The second-order valence-corrected chi connectivity index (χ2v) is 21.3. The minimum Gasteiger partial charge on any atom is -0.481 e. The van der Waals surface area contributed by atoms with E-state index in [-0.39, 0.29) is 37.3 Å². The van der Waals surface area contributed by atoms with Gasteiger partial charge in [-0.1, -0.05) is 50.6 Å². The number of amides is 9. The van der Waals surface area contributed by atoms with E-state index in [1.54, 1.807) is 13.0 Å². The summed E-state index contributed by atoms with van der Waals surface area (Å²) < 4.78 is 16.4. The summed E-state index contributed by atoms with van der Waals surface area (Å²) in [6.07, 6.45) is -7.04. The fraction of sp³-hybridized carbons (Fsp3) is 0.569. The van der Waals surface area contributed by atoms with E-state index in [0.29, 0.717) is 6.29 Å². The second kappa shape index (κ2) is 39.6. The van der Waals surface area contributed by atoms with Crippen LogP contribution in [0.25, 0.3) is 0 Å². The Bertz CT molecular complexity index is 2750. The molecular formula is C51H78N13O24P. The Hall–Kier alpha value is -9.19. The highest BCUT2D eigenvalue weighted by atomic mass is 31.2. The number of nitrogens with two attached hydrogens (primary N) is 3. The first-order chi connectivity index (χ1) is 41.6. The van der Waals surface area contributed by atoms with E-state index in [2.05, 4.69) is 52.1 Å². The van der Waals surface area contributed by atoms with Gasteiger partial charge in [0.1, 0.15) is 54.6 Å². The van der Waals surface area contributed by atoms with Crippen LogP contribution >= 0.6 is 7.82 Å². The molecule has 22 N–H and O–H groups in total. The van der Waals surface area contributed by atoms with E-state index < -0.39 is 228 Å². The number of carbonyl (C=O) groups is 15. The number of benzene rings is 1. The van der Waals surface area contributed by atoms with Gasteiger partial charge in [0.05, 0.1) is 25.1 Å². The Balaban J connectivity index is 3.80. The van der Waals surface area contributed by atoms with Crippen molar-refractivity contribution >= 4 is 103 Å². The third kappa shape index (κ3) is 32.4. The van der Waals surface area contributed by atoms with E-state index >= 15 is 0 Å². The average molecular weight is 1290 g/mol. The van der Waals surface area contributed by atoms with Gasteiger partial charge < -0.3 is 105 Å². The molecule has 0 aromatic heterocycles. The maximum Gasteiger partial charge on any atom is 0.469 e. The Morgan fingerprint density at radius 1 is 0.528 bits per heavy atom. The van der Waals surface area contributed by atoms with E-state index in [0.717, 1.165) is 0 Å². The van der Waals surface area contributed by atoms with Crippen LogP contribution in [0.5, 0.6) is 0 Å². The van der Waals surface area contributed by atoms with Gasteiger partial charge in [0.2, 0.25) is 53.2 Å². The van der Waals surface area contributed by atoms with Crippen molar-refractivity contribution in [3.05, 3.63) is 35.9 Å². The normalized spacial score (nSPS) is 14.8. The Labute approximate surface area is 507 Å². The van der Waals surface area contributed by atoms with Crippen LogP contribution in [0.4, 0.5) is 0 Å². The molecule has 1 aromatic rings. The number of aliphatic imine (C=N–C) groups is 1. The molecule has 0 aliphatic rings. The SMILES string of the molecule is CC[C@H](C)[C@H](NC(=O)[C@H](CC(=O)O)NC(=O)[C@H](Cc1ccccc1)NC(=O)[C@H](CCC(=O)O)NC(=O)[C@H](COP(=O)(O)O)NC(=O)[C@H](CCC(=O)O)NC(=O)[C@H](CCCN=C(N)N)NC(=O)[C@@H](N)CCC(=O)O)C(=O)N[C@@H](CCC(=O)O)C(=O)N[C@@H](C)C=O. The first-order valence-corrected chi connectivity index (χ1v) is 28.9. The van der Waals surface area contributed by atoms with Crippen LogP contribution in [0, 0.1) is 5.92 Å². The summed E-state index contributed by atoms with van der Waals surface area (Å²) in [5.41, 5.74) is 16.8. The number of phosphoric ester groups is 1. The van der Waals surface area contributed by atoms with Gasteiger partial charge in [0.25, 0.3) is 0 Å². The van der Waals surface area contributed by atoms with E-state index in [9.17, 15) is 107 Å².